The normalized spacial score (nSPS) is 18.6. The van der Waals surface area contributed by atoms with Gasteiger partial charge in [-0.3, -0.25) is 0 Å². The lowest BCUT2D eigenvalue weighted by molar-refractivity contribution is -0.133. The molecule has 0 saturated heterocycles. The summed E-state index contributed by atoms with van der Waals surface area (Å²) in [6.07, 6.45) is 1.81. The molecule has 0 fully saturated rings. The Morgan fingerprint density at radius 1 is 0.946 bits per heavy atom. The third kappa shape index (κ3) is 5.22. The molecule has 1 aliphatic heterocycles. The minimum atomic E-state index is -4.13. The maximum absolute atomic E-state index is 14.2. The van der Waals surface area contributed by atoms with Crippen molar-refractivity contribution in [3.63, 3.8) is 0 Å². The zero-order valence-electron chi connectivity index (χ0n) is 21.3. The Morgan fingerprint density at radius 2 is 1.51 bits per heavy atom. The van der Waals surface area contributed by atoms with Gasteiger partial charge in [0.05, 0.1) is 34.2 Å². The summed E-state index contributed by atoms with van der Waals surface area (Å²) in [7, 11) is -4.13. The van der Waals surface area contributed by atoms with Crippen LogP contribution >= 0.6 is 0 Å². The highest BCUT2D eigenvalue weighted by molar-refractivity contribution is 7.89. The number of carboxylic acid groups (broad SMARTS) is 1. The van der Waals surface area contributed by atoms with E-state index in [1.807, 2.05) is 31.2 Å². The van der Waals surface area contributed by atoms with Gasteiger partial charge in [0.1, 0.15) is 0 Å². The fraction of sp³-hybridized carbons (Fsp3) is 0.267. The van der Waals surface area contributed by atoms with Crippen LogP contribution in [0.2, 0.25) is 0 Å². The van der Waals surface area contributed by atoms with Crippen molar-refractivity contribution >= 4 is 16.0 Å². The summed E-state index contributed by atoms with van der Waals surface area (Å²) in [6, 6.07) is 21.2. The molecule has 0 spiro atoms. The molecule has 0 radical (unpaired) electrons. The van der Waals surface area contributed by atoms with Crippen molar-refractivity contribution in [3.05, 3.63) is 112 Å². The van der Waals surface area contributed by atoms with Crippen LogP contribution < -0.4 is 0 Å². The quantitative estimate of drug-likeness (QED) is 0.447. The van der Waals surface area contributed by atoms with Gasteiger partial charge in [-0.05, 0) is 59.7 Å². The van der Waals surface area contributed by atoms with E-state index in [-0.39, 0.29) is 22.3 Å². The molecule has 0 bridgehead atoms. The number of sulfonamides is 1. The Hall–Kier alpha value is -3.73. The number of carbonyl (C=O) groups is 1. The third-order valence-electron chi connectivity index (χ3n) is 6.78. The Labute approximate surface area is 218 Å². The van der Waals surface area contributed by atoms with Crippen LogP contribution in [-0.2, 0) is 20.2 Å². The number of nitriles is 1. The van der Waals surface area contributed by atoms with Crippen LogP contribution in [0, 0.1) is 18.3 Å². The van der Waals surface area contributed by atoms with Crippen molar-refractivity contribution in [3.8, 4) is 6.07 Å². The van der Waals surface area contributed by atoms with E-state index in [0.29, 0.717) is 16.7 Å². The third-order valence-corrected chi connectivity index (χ3v) is 8.67. The van der Waals surface area contributed by atoms with E-state index in [9.17, 15) is 23.6 Å². The van der Waals surface area contributed by atoms with Crippen molar-refractivity contribution in [2.75, 3.05) is 0 Å². The highest BCUT2D eigenvalue weighted by atomic mass is 32.2. The molecule has 3 aromatic carbocycles. The van der Waals surface area contributed by atoms with E-state index in [1.165, 1.54) is 4.31 Å². The van der Waals surface area contributed by atoms with Crippen LogP contribution in [0.15, 0.2) is 89.3 Å². The molecular formula is C30H30N2O4S. The average Bonchev–Trinajstić information content (AvgIpc) is 2.87. The van der Waals surface area contributed by atoms with Gasteiger partial charge >= 0.3 is 5.97 Å². The van der Waals surface area contributed by atoms with Crippen molar-refractivity contribution < 1.29 is 18.3 Å². The summed E-state index contributed by atoms with van der Waals surface area (Å²) in [5.74, 6) is -1.16. The molecule has 0 aliphatic carbocycles. The number of rotatable bonds is 5. The Balaban J connectivity index is 1.94. The molecule has 2 atom stereocenters. The molecule has 37 heavy (non-hydrogen) atoms. The zero-order chi connectivity index (χ0) is 27.0. The summed E-state index contributed by atoms with van der Waals surface area (Å²) in [4.78, 5) is 12.5. The number of nitrogens with zero attached hydrogens (tertiary/aromatic N) is 2. The van der Waals surface area contributed by atoms with Gasteiger partial charge in [-0.15, -0.1) is 0 Å². The van der Waals surface area contributed by atoms with E-state index in [2.05, 4.69) is 26.8 Å². The Morgan fingerprint density at radius 3 is 2.03 bits per heavy atom. The SMILES string of the molecule is Cc1ccc(S(=O)(=O)N2[C@@H](c3ccc(C(C)(C)C)cc3)C(C(=O)O)=CC[C@H]2c2ccc(C#N)cc2)cc1. The summed E-state index contributed by atoms with van der Waals surface area (Å²) in [5.41, 5.74) is 3.61. The first-order valence-electron chi connectivity index (χ1n) is 12.1. The van der Waals surface area contributed by atoms with Gasteiger partial charge in [-0.25, -0.2) is 13.2 Å². The number of benzene rings is 3. The monoisotopic (exact) mass is 514 g/mol. The first-order valence-corrected chi connectivity index (χ1v) is 13.5. The van der Waals surface area contributed by atoms with Gasteiger partial charge in [0.15, 0.2) is 0 Å². The fourth-order valence-corrected chi connectivity index (χ4v) is 6.45. The molecule has 0 amide bonds. The molecule has 6 nitrogen and oxygen atoms in total. The summed E-state index contributed by atoms with van der Waals surface area (Å²) >= 11 is 0. The molecule has 1 N–H and O–H groups in total. The molecule has 0 unspecified atom stereocenters. The number of hydrogen-bond donors (Lipinski definition) is 1. The number of aliphatic carboxylic acids is 1. The van der Waals surface area contributed by atoms with Crippen LogP contribution in [0.5, 0.6) is 0 Å². The Kier molecular flexibility index (Phi) is 7.09. The van der Waals surface area contributed by atoms with Crippen LogP contribution in [0.1, 0.15) is 67.1 Å². The molecule has 7 heteroatoms. The van der Waals surface area contributed by atoms with Gasteiger partial charge in [0.25, 0.3) is 0 Å². The minimum Gasteiger partial charge on any atom is -0.478 e. The molecule has 4 rings (SSSR count). The topological polar surface area (TPSA) is 98.5 Å². The first-order chi connectivity index (χ1) is 17.4. The number of carboxylic acids is 1. The molecule has 190 valence electrons. The number of aryl methyl sites for hydroxylation is 1. The first kappa shape index (κ1) is 26.3. The molecule has 0 saturated carbocycles. The van der Waals surface area contributed by atoms with Gasteiger partial charge in [-0.2, -0.15) is 9.57 Å². The lowest BCUT2D eigenvalue weighted by Gasteiger charge is -2.40. The Bertz CT molecular complexity index is 1480. The maximum atomic E-state index is 14.2. The smallest absolute Gasteiger partial charge is 0.333 e. The van der Waals surface area contributed by atoms with E-state index >= 15 is 0 Å². The van der Waals surface area contributed by atoms with Crippen molar-refractivity contribution in [1.82, 2.24) is 4.31 Å². The standard InChI is InChI=1S/C30H30N2O4S/c1-20-5-15-25(16-6-20)37(35,36)32-27(22-9-7-21(19-31)8-10-22)18-17-26(29(33)34)28(32)23-11-13-24(14-12-23)30(2,3)4/h5-17,27-28H,18H2,1-4H3,(H,33,34)/t27-,28-/m0/s1. The van der Waals surface area contributed by atoms with Gasteiger partial charge in [0.2, 0.25) is 10.0 Å². The van der Waals surface area contributed by atoms with E-state index in [4.69, 9.17) is 0 Å². The van der Waals surface area contributed by atoms with Gasteiger partial charge in [-0.1, -0.05) is 80.9 Å². The zero-order valence-corrected chi connectivity index (χ0v) is 22.2. The summed E-state index contributed by atoms with van der Waals surface area (Å²) in [6.45, 7) is 8.13. The predicted molar refractivity (Wildman–Crippen MR) is 142 cm³/mol. The maximum Gasteiger partial charge on any atom is 0.333 e. The lowest BCUT2D eigenvalue weighted by Crippen LogP contribution is -2.42. The van der Waals surface area contributed by atoms with Crippen LogP contribution in [0.4, 0.5) is 0 Å². The van der Waals surface area contributed by atoms with Gasteiger partial charge in [0, 0.05) is 0 Å². The molecule has 3 aromatic rings. The van der Waals surface area contributed by atoms with E-state index < -0.39 is 28.1 Å². The summed E-state index contributed by atoms with van der Waals surface area (Å²) in [5, 5.41) is 19.4. The average molecular weight is 515 g/mol. The van der Waals surface area contributed by atoms with Crippen molar-refractivity contribution in [2.45, 2.75) is 56.5 Å². The van der Waals surface area contributed by atoms with Crippen molar-refractivity contribution in [2.24, 2.45) is 0 Å². The lowest BCUT2D eigenvalue weighted by atomic mass is 9.84. The fourth-order valence-electron chi connectivity index (χ4n) is 4.67. The van der Waals surface area contributed by atoms with E-state index in [1.54, 1.807) is 54.6 Å². The highest BCUT2D eigenvalue weighted by Crippen LogP contribution is 2.46. The van der Waals surface area contributed by atoms with E-state index in [0.717, 1.165) is 11.1 Å². The highest BCUT2D eigenvalue weighted by Gasteiger charge is 2.44. The largest absolute Gasteiger partial charge is 0.478 e. The molecule has 1 aliphatic rings. The molecule has 1 heterocycles. The van der Waals surface area contributed by atoms with Crippen LogP contribution in [0.25, 0.3) is 0 Å². The minimum absolute atomic E-state index is 0.0177. The second-order valence-corrected chi connectivity index (χ2v) is 12.2. The van der Waals surface area contributed by atoms with Crippen LogP contribution in [-0.4, -0.2) is 23.8 Å². The second kappa shape index (κ2) is 9.97. The number of hydrogen-bond acceptors (Lipinski definition) is 4. The molecule has 0 aromatic heterocycles. The van der Waals surface area contributed by atoms with Crippen molar-refractivity contribution in [1.29, 1.82) is 5.26 Å². The van der Waals surface area contributed by atoms with Crippen LogP contribution in [0.3, 0.4) is 0 Å². The van der Waals surface area contributed by atoms with Gasteiger partial charge < -0.3 is 5.11 Å². The summed E-state index contributed by atoms with van der Waals surface area (Å²) < 4.78 is 29.8. The molecular weight excluding hydrogens is 484 g/mol. The second-order valence-electron chi connectivity index (χ2n) is 10.4. The predicted octanol–water partition coefficient (Wildman–Crippen LogP) is 6.05.